The average molecular weight is 991 g/mol. The summed E-state index contributed by atoms with van der Waals surface area (Å²) < 4.78 is 40.7. The van der Waals surface area contributed by atoms with Crippen LogP contribution in [0.1, 0.15) is 82.8 Å². The van der Waals surface area contributed by atoms with Crippen LogP contribution in [0.3, 0.4) is 0 Å². The molecule has 0 aliphatic carbocycles. The minimum Gasteiger partial charge on any atom is -0.481 e. The van der Waals surface area contributed by atoms with Crippen molar-refractivity contribution in [2.75, 3.05) is 45.3 Å². The van der Waals surface area contributed by atoms with Crippen LogP contribution in [-0.2, 0) is 60.7 Å². The molecule has 0 bridgehead atoms. The molecule has 26 heteroatoms. The van der Waals surface area contributed by atoms with Gasteiger partial charge in [0.2, 0.25) is 35.4 Å². The molecule has 2 saturated heterocycles. The Morgan fingerprint density at radius 3 is 2.09 bits per heavy atom. The lowest BCUT2D eigenvalue weighted by atomic mass is 9.99. The number of ether oxygens (including phenoxy) is 2. The number of phosphoric ester groups is 1. The van der Waals surface area contributed by atoms with Crippen molar-refractivity contribution in [3.8, 4) is 5.75 Å². The lowest BCUT2D eigenvalue weighted by Crippen LogP contribution is -2.57. The van der Waals surface area contributed by atoms with Gasteiger partial charge in [0.25, 0.3) is 0 Å². The molecule has 1 aromatic rings. The number of carbonyl (C=O) groups excluding carboxylic acids is 7. The highest BCUT2D eigenvalue weighted by molar-refractivity contribution is 8.00. The number of primary amides is 1. The van der Waals surface area contributed by atoms with E-state index in [2.05, 4.69) is 41.7 Å². The van der Waals surface area contributed by atoms with E-state index in [9.17, 15) is 62.2 Å². The van der Waals surface area contributed by atoms with Crippen molar-refractivity contribution in [2.45, 2.75) is 120 Å². The summed E-state index contributed by atoms with van der Waals surface area (Å²) in [4.78, 5) is 118. The van der Waals surface area contributed by atoms with Gasteiger partial charge in [-0.2, -0.15) is 11.8 Å². The van der Waals surface area contributed by atoms with Gasteiger partial charge in [-0.1, -0.05) is 26.3 Å². The third-order valence-corrected chi connectivity index (χ3v) is 12.3. The van der Waals surface area contributed by atoms with E-state index in [1.807, 2.05) is 11.8 Å². The number of alkyl halides is 1. The highest BCUT2D eigenvalue weighted by Crippen LogP contribution is 2.39. The van der Waals surface area contributed by atoms with E-state index >= 15 is 0 Å². The number of nitrogens with two attached hydrogens (primary N) is 1. The Morgan fingerprint density at radius 2 is 1.48 bits per heavy atom. The SMILES string of the molecule is CC(C)CC(NC(=O)C(Cc1ccc(OP(=O)(O)O)c(CF)c1)NC(=O)C(CCC(=O)O)NC(=O)CCC(=O)NCCOCCOCCNC(=O)CCCCC1SC[C@H]2NC(=O)N[C@@H]12)C(N)=O. The van der Waals surface area contributed by atoms with Gasteiger partial charge in [0.15, 0.2) is 0 Å². The van der Waals surface area contributed by atoms with Crippen LogP contribution >= 0.6 is 19.6 Å². The maximum absolute atomic E-state index is 13.9. The number of carboxylic acids is 1. The third-order valence-electron chi connectivity index (χ3n) is 10.4. The number of rotatable bonds is 33. The molecular formula is C41H64FN8O15PS. The molecule has 4 unspecified atom stereocenters. The van der Waals surface area contributed by atoms with Crippen molar-refractivity contribution in [3.05, 3.63) is 29.3 Å². The Labute approximate surface area is 391 Å². The molecule has 2 heterocycles. The summed E-state index contributed by atoms with van der Waals surface area (Å²) in [5.41, 5.74) is 5.38. The van der Waals surface area contributed by atoms with E-state index in [4.69, 9.17) is 15.2 Å². The van der Waals surface area contributed by atoms with Crippen molar-refractivity contribution >= 4 is 67.0 Å². The number of halogens is 1. The van der Waals surface area contributed by atoms with Gasteiger partial charge < -0.3 is 62.1 Å². The first-order valence-corrected chi connectivity index (χ1v) is 24.5. The first kappa shape index (κ1) is 56.3. The molecule has 1 aromatic carbocycles. The van der Waals surface area contributed by atoms with Gasteiger partial charge in [0.1, 0.15) is 30.5 Å². The van der Waals surface area contributed by atoms with Crippen molar-refractivity contribution in [2.24, 2.45) is 11.7 Å². The van der Waals surface area contributed by atoms with Crippen LogP contribution in [0.5, 0.6) is 5.75 Å². The van der Waals surface area contributed by atoms with Gasteiger partial charge in [-0.25, -0.2) is 13.8 Å². The molecule has 0 saturated carbocycles. The Hall–Kier alpha value is -5.07. The Kier molecular flexibility index (Phi) is 24.3. The van der Waals surface area contributed by atoms with Crippen molar-refractivity contribution in [1.82, 2.24) is 37.2 Å². The fourth-order valence-corrected chi connectivity index (χ4v) is 9.09. The summed E-state index contributed by atoms with van der Waals surface area (Å²) in [6.07, 6.45) is 1.000. The number of fused-ring (bicyclic) bond motifs is 1. The number of hydrogen-bond donors (Lipinski definition) is 11. The molecule has 23 nitrogen and oxygen atoms in total. The summed E-state index contributed by atoms with van der Waals surface area (Å²) in [6.45, 7) is 3.64. The highest BCUT2D eigenvalue weighted by Gasteiger charge is 2.42. The number of urea groups is 1. The van der Waals surface area contributed by atoms with Crippen LogP contribution < -0.4 is 47.5 Å². The minimum atomic E-state index is -5.07. The zero-order chi connectivity index (χ0) is 49.5. The normalized spacial score (nSPS) is 17.8. The van der Waals surface area contributed by atoms with Gasteiger partial charge in [-0.15, -0.1) is 0 Å². The molecule has 376 valence electrons. The number of aliphatic carboxylic acids is 1. The highest BCUT2D eigenvalue weighted by atomic mass is 32.2. The fourth-order valence-electron chi connectivity index (χ4n) is 7.12. The van der Waals surface area contributed by atoms with Gasteiger partial charge >= 0.3 is 19.8 Å². The first-order valence-electron chi connectivity index (χ1n) is 22.0. The molecule has 3 rings (SSSR count). The number of carbonyl (C=O) groups is 8. The minimum absolute atomic E-state index is 0.0664. The standard InChI is InChI=1S/C41H64FN8O15PS/c1-24(2)19-28(38(43)56)47-40(58)29(21-25-7-9-31(26(20-25)22-42)65-66(60,61)62)48-39(57)27(8-12-36(54)55)46-35(53)11-10-34(52)45-14-16-64-18-17-63-15-13-44-33(51)6-4-3-5-32-37-30(23-67-32)49-41(59)50-37/h7,9,20,24,27-30,32,37H,3-6,8,10-19,21-23H2,1-2H3,(H2,43,56)(H,44,51)(H,45,52)(H,46,53)(H,47,58)(H,48,57)(H,54,55)(H2,49,50,59)(H2,60,61,62)/t27?,28?,29?,30-,32?,37-/m1/s1. The van der Waals surface area contributed by atoms with Gasteiger partial charge in [0, 0.05) is 61.8 Å². The molecule has 2 aliphatic heterocycles. The number of carboxylic acid groups (broad SMARTS) is 1. The monoisotopic (exact) mass is 990 g/mol. The summed E-state index contributed by atoms with van der Waals surface area (Å²) in [5, 5.41) is 28.3. The average Bonchev–Trinajstić information content (AvgIpc) is 3.81. The molecule has 6 atom stereocenters. The van der Waals surface area contributed by atoms with Crippen molar-refractivity contribution < 1.29 is 76.2 Å². The third kappa shape index (κ3) is 22.1. The van der Waals surface area contributed by atoms with Gasteiger partial charge in [0.05, 0.1) is 38.5 Å². The van der Waals surface area contributed by atoms with Crippen molar-refractivity contribution in [1.29, 1.82) is 0 Å². The van der Waals surface area contributed by atoms with Crippen LogP contribution in [0.4, 0.5) is 9.18 Å². The van der Waals surface area contributed by atoms with E-state index in [1.54, 1.807) is 13.8 Å². The first-order chi connectivity index (χ1) is 31.7. The predicted octanol–water partition coefficient (Wildman–Crippen LogP) is -0.208. The summed E-state index contributed by atoms with van der Waals surface area (Å²) in [7, 11) is -5.07. The quantitative estimate of drug-likeness (QED) is 0.0247. The van der Waals surface area contributed by atoms with Gasteiger partial charge in [-0.3, -0.25) is 43.3 Å². The number of hydrogen-bond acceptors (Lipinski definition) is 13. The lowest BCUT2D eigenvalue weighted by molar-refractivity contribution is -0.138. The van der Waals surface area contributed by atoms with E-state index in [-0.39, 0.29) is 93.3 Å². The van der Waals surface area contributed by atoms with Crippen LogP contribution in [-0.4, -0.2) is 143 Å². The smallest absolute Gasteiger partial charge is 0.481 e. The van der Waals surface area contributed by atoms with Crippen LogP contribution in [0.2, 0.25) is 0 Å². The number of nitrogens with one attached hydrogen (secondary N) is 7. The fraction of sp³-hybridized carbons (Fsp3) is 0.659. The largest absolute Gasteiger partial charge is 0.524 e. The second-order valence-electron chi connectivity index (χ2n) is 16.4. The van der Waals surface area contributed by atoms with Crippen LogP contribution in [0.15, 0.2) is 18.2 Å². The number of phosphoric acid groups is 1. The maximum atomic E-state index is 13.9. The number of benzene rings is 1. The molecule has 67 heavy (non-hydrogen) atoms. The lowest BCUT2D eigenvalue weighted by Gasteiger charge is -2.25. The van der Waals surface area contributed by atoms with Crippen molar-refractivity contribution in [3.63, 3.8) is 0 Å². The van der Waals surface area contributed by atoms with Crippen LogP contribution in [0.25, 0.3) is 0 Å². The van der Waals surface area contributed by atoms with Crippen LogP contribution in [0, 0.1) is 5.92 Å². The zero-order valence-corrected chi connectivity index (χ0v) is 39.3. The molecule has 0 aromatic heterocycles. The summed E-state index contributed by atoms with van der Waals surface area (Å²) in [6, 6.07) is -0.547. The van der Waals surface area contributed by atoms with E-state index in [0.29, 0.717) is 18.2 Å². The molecule has 2 aliphatic rings. The Morgan fingerprint density at radius 1 is 0.851 bits per heavy atom. The molecule has 0 spiro atoms. The van der Waals surface area contributed by atoms with E-state index in [0.717, 1.165) is 37.1 Å². The molecule has 8 amide bonds. The number of amides is 8. The molecule has 2 fully saturated rings. The number of unbranched alkanes of at least 4 members (excludes halogenated alkanes) is 1. The molecule has 0 radical (unpaired) electrons. The molecule has 12 N–H and O–H groups in total. The Bertz CT molecular complexity index is 1910. The predicted molar refractivity (Wildman–Crippen MR) is 240 cm³/mol. The van der Waals surface area contributed by atoms with E-state index in [1.165, 1.54) is 6.07 Å². The number of thioether (sulfide) groups is 1. The second-order valence-corrected chi connectivity index (χ2v) is 18.8. The Balaban J connectivity index is 1.40. The molecular weight excluding hydrogens is 927 g/mol. The van der Waals surface area contributed by atoms with Gasteiger partial charge in [-0.05, 0) is 49.3 Å². The summed E-state index contributed by atoms with van der Waals surface area (Å²) in [5.74, 6) is -5.14. The topological polar surface area (TPSA) is 352 Å². The van der Waals surface area contributed by atoms with E-state index < -0.39 is 93.1 Å². The zero-order valence-electron chi connectivity index (χ0n) is 37.6. The maximum Gasteiger partial charge on any atom is 0.524 e. The second kappa shape index (κ2) is 29.0. The summed E-state index contributed by atoms with van der Waals surface area (Å²) >= 11 is 1.84.